The number of hydrogen-bond donors (Lipinski definition) is 2. The fourth-order valence-corrected chi connectivity index (χ4v) is 1.86. The maximum absolute atomic E-state index is 5.39. The van der Waals surface area contributed by atoms with Gasteiger partial charge < -0.3 is 15.4 Å². The van der Waals surface area contributed by atoms with Crippen LogP contribution in [0.4, 0.5) is 5.69 Å². The number of rotatable bonds is 6. The summed E-state index contributed by atoms with van der Waals surface area (Å²) in [5.41, 5.74) is 3.65. The van der Waals surface area contributed by atoms with E-state index in [2.05, 4.69) is 36.6 Å². The average Bonchev–Trinajstić information content (AvgIpc) is 3.12. The molecule has 0 atom stereocenters. The smallest absolute Gasteiger partial charge is 0.142 e. The molecule has 0 amide bonds. The molecule has 1 aliphatic carbocycles. The Hall–Kier alpha value is -1.22. The van der Waals surface area contributed by atoms with Crippen molar-refractivity contribution in [2.45, 2.75) is 32.7 Å². The highest BCUT2D eigenvalue weighted by molar-refractivity contribution is 5.60. The van der Waals surface area contributed by atoms with Crippen LogP contribution in [-0.2, 0) is 0 Å². The van der Waals surface area contributed by atoms with Gasteiger partial charge in [-0.15, -0.1) is 0 Å². The molecule has 3 heteroatoms. The van der Waals surface area contributed by atoms with Crippen LogP contribution in [0.15, 0.2) is 12.1 Å². The lowest BCUT2D eigenvalue weighted by Crippen LogP contribution is -2.24. The van der Waals surface area contributed by atoms with Gasteiger partial charge in [0.15, 0.2) is 0 Å². The van der Waals surface area contributed by atoms with Gasteiger partial charge in [0.05, 0.1) is 12.8 Å². The molecule has 0 unspecified atom stereocenters. The van der Waals surface area contributed by atoms with Gasteiger partial charge in [0.1, 0.15) is 5.75 Å². The zero-order chi connectivity index (χ0) is 12.3. The molecule has 0 bridgehead atoms. The Kier molecular flexibility index (Phi) is 3.89. The first-order chi connectivity index (χ1) is 8.20. The lowest BCUT2D eigenvalue weighted by atomic mass is 10.1. The van der Waals surface area contributed by atoms with Crippen LogP contribution >= 0.6 is 0 Å². The predicted molar refractivity (Wildman–Crippen MR) is 72.0 cm³/mol. The largest absolute Gasteiger partial charge is 0.495 e. The minimum Gasteiger partial charge on any atom is -0.495 e. The van der Waals surface area contributed by atoms with E-state index in [0.29, 0.717) is 0 Å². The number of methoxy groups -OCH3 is 1. The van der Waals surface area contributed by atoms with Crippen LogP contribution in [0.2, 0.25) is 0 Å². The van der Waals surface area contributed by atoms with E-state index in [0.717, 1.165) is 30.6 Å². The van der Waals surface area contributed by atoms with Crippen LogP contribution in [0.5, 0.6) is 5.75 Å². The van der Waals surface area contributed by atoms with Gasteiger partial charge in [0.25, 0.3) is 0 Å². The standard InChI is InChI=1S/C14H22N2O/c1-10-8-13(14(17-3)9-11(10)2)16-7-6-15-12-4-5-12/h8-9,12,15-16H,4-7H2,1-3H3. The van der Waals surface area contributed by atoms with Crippen LogP contribution in [0.3, 0.4) is 0 Å². The first-order valence-corrected chi connectivity index (χ1v) is 6.33. The average molecular weight is 234 g/mol. The number of benzene rings is 1. The first-order valence-electron chi connectivity index (χ1n) is 6.33. The molecule has 2 N–H and O–H groups in total. The van der Waals surface area contributed by atoms with Crippen LogP contribution in [-0.4, -0.2) is 26.2 Å². The Morgan fingerprint density at radius 1 is 1.18 bits per heavy atom. The summed E-state index contributed by atoms with van der Waals surface area (Å²) in [6.45, 7) is 6.19. The highest BCUT2D eigenvalue weighted by atomic mass is 16.5. The minimum absolute atomic E-state index is 0.776. The van der Waals surface area contributed by atoms with Crippen molar-refractivity contribution in [3.63, 3.8) is 0 Å². The normalized spacial score (nSPS) is 14.8. The van der Waals surface area contributed by atoms with Gasteiger partial charge in [-0.1, -0.05) is 0 Å². The van der Waals surface area contributed by atoms with E-state index in [1.54, 1.807) is 7.11 Å². The Bertz CT molecular complexity index is 386. The van der Waals surface area contributed by atoms with E-state index in [9.17, 15) is 0 Å². The van der Waals surface area contributed by atoms with Gasteiger partial charge in [-0.2, -0.15) is 0 Å². The number of hydrogen-bond acceptors (Lipinski definition) is 3. The number of nitrogens with one attached hydrogen (secondary N) is 2. The molecule has 0 spiro atoms. The Labute approximate surface area is 104 Å². The fourth-order valence-electron chi connectivity index (χ4n) is 1.86. The van der Waals surface area contributed by atoms with E-state index in [1.807, 2.05) is 0 Å². The molecule has 1 aromatic rings. The zero-order valence-corrected chi connectivity index (χ0v) is 11.0. The fraction of sp³-hybridized carbons (Fsp3) is 0.571. The third kappa shape index (κ3) is 3.37. The molecule has 1 aliphatic rings. The second-order valence-electron chi connectivity index (χ2n) is 4.79. The van der Waals surface area contributed by atoms with E-state index in [4.69, 9.17) is 4.74 Å². The lowest BCUT2D eigenvalue weighted by Gasteiger charge is -2.14. The number of aryl methyl sites for hydroxylation is 2. The minimum atomic E-state index is 0.776. The van der Waals surface area contributed by atoms with Gasteiger partial charge in [0.2, 0.25) is 0 Å². The Morgan fingerprint density at radius 2 is 1.88 bits per heavy atom. The van der Waals surface area contributed by atoms with Gasteiger partial charge in [-0.3, -0.25) is 0 Å². The molecule has 1 aromatic carbocycles. The molecule has 1 saturated carbocycles. The lowest BCUT2D eigenvalue weighted by molar-refractivity contribution is 0.416. The van der Waals surface area contributed by atoms with Crippen molar-refractivity contribution in [3.8, 4) is 5.75 Å². The molecule has 0 radical (unpaired) electrons. The van der Waals surface area contributed by atoms with Crippen molar-refractivity contribution in [3.05, 3.63) is 23.3 Å². The van der Waals surface area contributed by atoms with Crippen molar-refractivity contribution < 1.29 is 4.74 Å². The van der Waals surface area contributed by atoms with Crippen LogP contribution < -0.4 is 15.4 Å². The molecule has 94 valence electrons. The summed E-state index contributed by atoms with van der Waals surface area (Å²) < 4.78 is 5.39. The SMILES string of the molecule is COc1cc(C)c(C)cc1NCCNC1CC1. The van der Waals surface area contributed by atoms with E-state index < -0.39 is 0 Å². The third-order valence-corrected chi connectivity index (χ3v) is 3.27. The van der Waals surface area contributed by atoms with Crippen LogP contribution in [0.1, 0.15) is 24.0 Å². The second-order valence-corrected chi connectivity index (χ2v) is 4.79. The van der Waals surface area contributed by atoms with Gasteiger partial charge in [0, 0.05) is 19.1 Å². The molecule has 3 nitrogen and oxygen atoms in total. The summed E-state index contributed by atoms with van der Waals surface area (Å²) in [5, 5.41) is 6.91. The summed E-state index contributed by atoms with van der Waals surface area (Å²) in [4.78, 5) is 0. The Morgan fingerprint density at radius 3 is 2.53 bits per heavy atom. The first kappa shape index (κ1) is 12.2. The van der Waals surface area contributed by atoms with Crippen molar-refractivity contribution in [1.82, 2.24) is 5.32 Å². The van der Waals surface area contributed by atoms with Gasteiger partial charge >= 0.3 is 0 Å². The summed E-state index contributed by atoms with van der Waals surface area (Å²) in [6, 6.07) is 5.02. The zero-order valence-electron chi connectivity index (χ0n) is 11.0. The van der Waals surface area contributed by atoms with Crippen molar-refractivity contribution in [1.29, 1.82) is 0 Å². The maximum atomic E-state index is 5.39. The number of anilines is 1. The summed E-state index contributed by atoms with van der Waals surface area (Å²) in [6.07, 6.45) is 2.68. The highest BCUT2D eigenvalue weighted by Crippen LogP contribution is 2.27. The molecule has 0 saturated heterocycles. The van der Waals surface area contributed by atoms with E-state index in [1.165, 1.54) is 24.0 Å². The van der Waals surface area contributed by atoms with E-state index >= 15 is 0 Å². The molecule has 0 aliphatic heterocycles. The van der Waals surface area contributed by atoms with Crippen molar-refractivity contribution in [2.24, 2.45) is 0 Å². The van der Waals surface area contributed by atoms with E-state index in [-0.39, 0.29) is 0 Å². The van der Waals surface area contributed by atoms with Crippen molar-refractivity contribution >= 4 is 5.69 Å². The summed E-state index contributed by atoms with van der Waals surface area (Å²) >= 11 is 0. The molecule has 2 rings (SSSR count). The molecular weight excluding hydrogens is 212 g/mol. The number of ether oxygens (including phenoxy) is 1. The molecule has 1 fully saturated rings. The van der Waals surface area contributed by atoms with Crippen LogP contribution in [0, 0.1) is 13.8 Å². The quantitative estimate of drug-likeness (QED) is 0.742. The topological polar surface area (TPSA) is 33.3 Å². The third-order valence-electron chi connectivity index (χ3n) is 3.27. The van der Waals surface area contributed by atoms with Crippen LogP contribution in [0.25, 0.3) is 0 Å². The molecule has 0 aromatic heterocycles. The summed E-state index contributed by atoms with van der Waals surface area (Å²) in [5.74, 6) is 0.930. The molecule has 0 heterocycles. The monoisotopic (exact) mass is 234 g/mol. The Balaban J connectivity index is 1.90. The second kappa shape index (κ2) is 5.41. The van der Waals surface area contributed by atoms with Gasteiger partial charge in [-0.25, -0.2) is 0 Å². The molecule has 17 heavy (non-hydrogen) atoms. The van der Waals surface area contributed by atoms with Crippen molar-refractivity contribution in [2.75, 3.05) is 25.5 Å². The maximum Gasteiger partial charge on any atom is 0.142 e. The molecular formula is C14H22N2O. The van der Waals surface area contributed by atoms with Gasteiger partial charge in [-0.05, 0) is 49.9 Å². The predicted octanol–water partition coefficient (Wildman–Crippen LogP) is 2.48. The summed E-state index contributed by atoms with van der Waals surface area (Å²) in [7, 11) is 1.72. The highest BCUT2D eigenvalue weighted by Gasteiger charge is 2.19.